The molecule has 10 aromatic rings. The first-order valence-corrected chi connectivity index (χ1v) is 20.6. The van der Waals surface area contributed by atoms with E-state index in [0.29, 0.717) is 0 Å². The lowest BCUT2D eigenvalue weighted by atomic mass is 9.64. The third-order valence-corrected chi connectivity index (χ3v) is 12.6. The van der Waals surface area contributed by atoms with Crippen LogP contribution in [0, 0.1) is 0 Å². The number of furan rings is 1. The summed E-state index contributed by atoms with van der Waals surface area (Å²) >= 11 is 0. The number of rotatable bonds is 6. The first-order valence-electron chi connectivity index (χ1n) is 20.6. The number of fused-ring (bicyclic) bond motifs is 10. The average molecular weight is 767 g/mol. The summed E-state index contributed by atoms with van der Waals surface area (Å²) in [5, 5.41) is 1.06. The Kier molecular flexibility index (Phi) is 7.76. The zero-order valence-corrected chi connectivity index (χ0v) is 32.7. The molecule has 9 aromatic carbocycles. The number of anilines is 6. The molecule has 0 unspecified atom stereocenters. The highest BCUT2D eigenvalue weighted by Gasteiger charge is 2.51. The zero-order chi connectivity index (χ0) is 39.6. The van der Waals surface area contributed by atoms with E-state index < -0.39 is 5.41 Å². The lowest BCUT2D eigenvalue weighted by molar-refractivity contribution is 0.616. The molecule has 0 radical (unpaired) electrons. The monoisotopic (exact) mass is 766 g/mol. The van der Waals surface area contributed by atoms with Gasteiger partial charge in [0.2, 0.25) is 0 Å². The van der Waals surface area contributed by atoms with Crippen molar-refractivity contribution >= 4 is 45.1 Å². The van der Waals surface area contributed by atoms with Crippen molar-refractivity contribution in [2.45, 2.75) is 5.41 Å². The van der Waals surface area contributed by atoms with E-state index in [9.17, 15) is 0 Å². The minimum absolute atomic E-state index is 0.571. The van der Waals surface area contributed by atoms with Gasteiger partial charge in [0.1, 0.15) is 5.58 Å². The Bertz CT molecular complexity index is 3170. The maximum absolute atomic E-state index is 6.01. The van der Waals surface area contributed by atoms with Gasteiger partial charge in [-0.2, -0.15) is 0 Å². The highest BCUT2D eigenvalue weighted by molar-refractivity contribution is 6.00. The predicted molar refractivity (Wildman–Crippen MR) is 247 cm³/mol. The molecule has 0 atom stereocenters. The molecule has 2 aliphatic rings. The van der Waals surface area contributed by atoms with Crippen LogP contribution in [-0.2, 0) is 5.41 Å². The number of hydrogen-bond acceptors (Lipinski definition) is 3. The van der Waals surface area contributed by atoms with Crippen LogP contribution in [0.25, 0.3) is 44.3 Å². The molecule has 60 heavy (non-hydrogen) atoms. The normalized spacial score (nSPS) is 13.1. The van der Waals surface area contributed by atoms with Crippen molar-refractivity contribution < 1.29 is 4.42 Å². The van der Waals surface area contributed by atoms with Gasteiger partial charge in [0.05, 0.1) is 28.7 Å². The fourth-order valence-corrected chi connectivity index (χ4v) is 10.1. The highest BCUT2D eigenvalue weighted by atomic mass is 16.3. The predicted octanol–water partition coefficient (Wildman–Crippen LogP) is 15.4. The van der Waals surface area contributed by atoms with Gasteiger partial charge in [-0.3, -0.25) is 0 Å². The number of benzene rings is 9. The number of para-hydroxylation sites is 3. The van der Waals surface area contributed by atoms with E-state index >= 15 is 0 Å². The van der Waals surface area contributed by atoms with Gasteiger partial charge in [-0.1, -0.05) is 158 Å². The molecule has 12 rings (SSSR count). The first-order chi connectivity index (χ1) is 29.8. The third kappa shape index (κ3) is 5.03. The van der Waals surface area contributed by atoms with Crippen molar-refractivity contribution in [2.75, 3.05) is 9.80 Å². The molecule has 1 aliphatic carbocycles. The largest absolute Gasteiger partial charge is 0.464 e. The van der Waals surface area contributed by atoms with E-state index in [-0.39, 0.29) is 0 Å². The van der Waals surface area contributed by atoms with Gasteiger partial charge >= 0.3 is 0 Å². The van der Waals surface area contributed by atoms with E-state index in [1.807, 2.05) is 6.07 Å². The Morgan fingerprint density at radius 3 is 1.63 bits per heavy atom. The Labute approximate surface area is 349 Å². The van der Waals surface area contributed by atoms with Gasteiger partial charge in [-0.05, 0) is 122 Å². The van der Waals surface area contributed by atoms with Crippen LogP contribution in [0.3, 0.4) is 0 Å². The molecule has 0 saturated heterocycles. The maximum atomic E-state index is 6.01. The van der Waals surface area contributed by atoms with Crippen LogP contribution < -0.4 is 9.80 Å². The Morgan fingerprint density at radius 2 is 0.933 bits per heavy atom. The Balaban J connectivity index is 1.09. The van der Waals surface area contributed by atoms with Gasteiger partial charge < -0.3 is 14.2 Å². The molecular weight excluding hydrogens is 729 g/mol. The molecule has 0 bridgehead atoms. The summed E-state index contributed by atoms with van der Waals surface area (Å²) in [4.78, 5) is 4.84. The molecule has 0 amide bonds. The highest BCUT2D eigenvalue weighted by Crippen LogP contribution is 2.64. The quantitative estimate of drug-likeness (QED) is 0.168. The third-order valence-electron chi connectivity index (χ3n) is 12.6. The molecule has 1 aromatic heterocycles. The smallest absolute Gasteiger partial charge is 0.135 e. The van der Waals surface area contributed by atoms with Gasteiger partial charge in [0.15, 0.2) is 0 Å². The topological polar surface area (TPSA) is 19.6 Å². The summed E-state index contributed by atoms with van der Waals surface area (Å²) in [7, 11) is 0. The van der Waals surface area contributed by atoms with Crippen LogP contribution in [0.1, 0.15) is 22.3 Å². The van der Waals surface area contributed by atoms with Crippen LogP contribution in [0.2, 0.25) is 0 Å². The van der Waals surface area contributed by atoms with Crippen LogP contribution in [0.15, 0.2) is 235 Å². The van der Waals surface area contributed by atoms with E-state index in [4.69, 9.17) is 4.42 Å². The molecule has 2 heterocycles. The summed E-state index contributed by atoms with van der Waals surface area (Å²) in [6.07, 6.45) is 1.79. The molecule has 3 heteroatoms. The van der Waals surface area contributed by atoms with E-state index in [1.165, 1.54) is 67.0 Å². The van der Waals surface area contributed by atoms with Gasteiger partial charge in [-0.15, -0.1) is 0 Å². The minimum atomic E-state index is -0.571. The Hall–Kier alpha value is -7.88. The number of hydrogen-bond donors (Lipinski definition) is 0. The summed E-state index contributed by atoms with van der Waals surface area (Å²) in [5.74, 6) is 0. The zero-order valence-electron chi connectivity index (χ0n) is 32.7. The lowest BCUT2D eigenvalue weighted by Gasteiger charge is -2.45. The molecule has 1 spiro atoms. The van der Waals surface area contributed by atoms with Crippen molar-refractivity contribution in [1.29, 1.82) is 0 Å². The second-order valence-corrected chi connectivity index (χ2v) is 15.6. The fourth-order valence-electron chi connectivity index (χ4n) is 10.1. The van der Waals surface area contributed by atoms with Crippen LogP contribution in [-0.4, -0.2) is 0 Å². The summed E-state index contributed by atoms with van der Waals surface area (Å²) < 4.78 is 6.01. The van der Waals surface area contributed by atoms with Crippen molar-refractivity contribution in [3.63, 3.8) is 0 Å². The molecule has 1 aliphatic heterocycles. The fraction of sp³-hybridized carbons (Fsp3) is 0.0175. The molecule has 0 fully saturated rings. The van der Waals surface area contributed by atoms with Crippen molar-refractivity contribution in [2.24, 2.45) is 0 Å². The molecule has 3 nitrogen and oxygen atoms in total. The van der Waals surface area contributed by atoms with E-state index in [0.717, 1.165) is 33.7 Å². The van der Waals surface area contributed by atoms with Crippen molar-refractivity contribution in [3.8, 4) is 33.4 Å². The van der Waals surface area contributed by atoms with E-state index in [1.54, 1.807) is 6.26 Å². The number of nitrogens with zero attached hydrogens (tertiary/aromatic N) is 2. The van der Waals surface area contributed by atoms with Crippen molar-refractivity contribution in [3.05, 3.63) is 253 Å². The summed E-state index contributed by atoms with van der Waals surface area (Å²) in [6, 6.07) is 81.7. The average Bonchev–Trinajstić information content (AvgIpc) is 3.92. The lowest BCUT2D eigenvalue weighted by Crippen LogP contribution is -2.36. The molecule has 0 saturated carbocycles. The van der Waals surface area contributed by atoms with Gasteiger partial charge in [0, 0.05) is 22.4 Å². The standard InChI is InChI=1S/C57H38N2O/c1-3-16-39(17-4-1)44-20-7-8-21-45(44)40-30-32-42(33-31-40)58(53-28-15-29-56-48(53)36-37-60-56)43-34-35-47-46-22-9-10-23-49(46)57(52(47)38-43)50-24-11-13-26-54(50)59(41-18-5-2-6-19-41)55-27-14-12-25-51(55)57/h1-38H. The SMILES string of the molecule is c1ccc(-c2ccccc2-c2ccc(N(c3ccc4c(c3)C3(c5ccccc5-4)c4ccccc4N(c4ccccc4)c4ccccc43)c3cccc4occc34)cc2)cc1. The molecule has 282 valence electrons. The van der Waals surface area contributed by atoms with Crippen molar-refractivity contribution in [1.82, 2.24) is 0 Å². The first kappa shape index (κ1) is 34.2. The van der Waals surface area contributed by atoms with Crippen LogP contribution in [0.4, 0.5) is 34.1 Å². The summed E-state index contributed by atoms with van der Waals surface area (Å²) in [6.45, 7) is 0. The van der Waals surface area contributed by atoms with Gasteiger partial charge in [-0.25, -0.2) is 0 Å². The van der Waals surface area contributed by atoms with Crippen LogP contribution in [0.5, 0.6) is 0 Å². The molecule has 0 N–H and O–H groups in total. The Morgan fingerprint density at radius 1 is 0.383 bits per heavy atom. The van der Waals surface area contributed by atoms with Gasteiger partial charge in [0.25, 0.3) is 0 Å². The van der Waals surface area contributed by atoms with Crippen LogP contribution >= 0.6 is 0 Å². The molecular formula is C57H38N2O. The maximum Gasteiger partial charge on any atom is 0.135 e. The second-order valence-electron chi connectivity index (χ2n) is 15.6. The minimum Gasteiger partial charge on any atom is -0.464 e. The second kappa shape index (κ2) is 13.6. The summed E-state index contributed by atoms with van der Waals surface area (Å²) in [5.41, 5.74) is 19.4. The van der Waals surface area contributed by atoms with E-state index in [2.05, 4.69) is 228 Å².